The maximum Gasteiger partial charge on any atom is 0.226 e. The van der Waals surface area contributed by atoms with E-state index in [0.29, 0.717) is 29.9 Å². The van der Waals surface area contributed by atoms with Gasteiger partial charge in [0.1, 0.15) is 5.65 Å². The van der Waals surface area contributed by atoms with Gasteiger partial charge in [0.2, 0.25) is 11.9 Å². The molecule has 0 bridgehead atoms. The molecule has 0 aromatic carbocycles. The molecule has 0 radical (unpaired) electrons. The highest BCUT2D eigenvalue weighted by Crippen LogP contribution is 2.38. The third-order valence-electron chi connectivity index (χ3n) is 8.98. The van der Waals surface area contributed by atoms with Crippen LogP contribution in [-0.2, 0) is 4.79 Å². The van der Waals surface area contributed by atoms with Crippen LogP contribution in [0.5, 0.6) is 0 Å². The molecule has 2 atom stereocenters. The molecule has 204 valence electrons. The maximum absolute atomic E-state index is 13.2. The van der Waals surface area contributed by atoms with Gasteiger partial charge in [0.05, 0.1) is 12.0 Å². The number of aliphatic hydroxyl groups is 1. The van der Waals surface area contributed by atoms with Crippen LogP contribution in [-0.4, -0.2) is 80.7 Å². The number of amides is 1. The lowest BCUT2D eigenvalue weighted by Crippen LogP contribution is -2.46. The van der Waals surface area contributed by atoms with Crippen LogP contribution in [0, 0.1) is 5.92 Å². The molecule has 2 aromatic heterocycles. The van der Waals surface area contributed by atoms with Gasteiger partial charge in [-0.2, -0.15) is 4.98 Å². The van der Waals surface area contributed by atoms with Gasteiger partial charge in [-0.25, -0.2) is 4.98 Å². The van der Waals surface area contributed by atoms with E-state index in [9.17, 15) is 9.90 Å². The summed E-state index contributed by atoms with van der Waals surface area (Å²) in [7, 11) is 2.13. The highest BCUT2D eigenvalue weighted by atomic mass is 16.3. The van der Waals surface area contributed by atoms with E-state index < -0.39 is 0 Å². The van der Waals surface area contributed by atoms with Crippen LogP contribution in [0.4, 0.5) is 5.95 Å². The van der Waals surface area contributed by atoms with Gasteiger partial charge in [-0.15, -0.1) is 0 Å². The quantitative estimate of drug-likeness (QED) is 0.568. The van der Waals surface area contributed by atoms with E-state index >= 15 is 0 Å². The van der Waals surface area contributed by atoms with Crippen LogP contribution in [0.2, 0.25) is 0 Å². The summed E-state index contributed by atoms with van der Waals surface area (Å²) in [5, 5.41) is 14.7. The molecule has 5 rings (SSSR count). The predicted octanol–water partition coefficient (Wildman–Crippen LogP) is 4.56. The van der Waals surface area contributed by atoms with Crippen LogP contribution in [0.15, 0.2) is 12.4 Å². The minimum atomic E-state index is -0.176. The molecule has 2 unspecified atom stereocenters. The molecule has 2 aliphatic heterocycles. The number of piperidine rings is 2. The number of rotatable bonds is 7. The number of hydrogen-bond donors (Lipinski definition) is 2. The molecule has 8 heteroatoms. The first-order chi connectivity index (χ1) is 17.9. The molecular formula is C29H46N6O2. The zero-order chi connectivity index (χ0) is 25.9. The Bertz CT molecular complexity index is 1050. The first-order valence-electron chi connectivity index (χ1n) is 14.7. The number of carbonyl (C=O) groups is 1. The van der Waals surface area contributed by atoms with Crippen molar-refractivity contribution in [3.05, 3.63) is 18.0 Å². The number of fused-ring (bicyclic) bond motifs is 1. The Morgan fingerprint density at radius 1 is 1.14 bits per heavy atom. The molecule has 3 aliphatic rings. The van der Waals surface area contributed by atoms with Crippen LogP contribution < -0.4 is 5.32 Å². The van der Waals surface area contributed by atoms with E-state index in [1.54, 1.807) is 0 Å². The van der Waals surface area contributed by atoms with Crippen LogP contribution in [0.1, 0.15) is 95.6 Å². The van der Waals surface area contributed by atoms with Crippen molar-refractivity contribution in [3.63, 3.8) is 0 Å². The van der Waals surface area contributed by atoms with Gasteiger partial charge in [-0.3, -0.25) is 4.79 Å². The first kappa shape index (κ1) is 26.4. The van der Waals surface area contributed by atoms with Gasteiger partial charge < -0.3 is 24.8 Å². The number of anilines is 1. The molecule has 1 saturated carbocycles. The largest absolute Gasteiger partial charge is 0.393 e. The minimum absolute atomic E-state index is 0.160. The Balaban J connectivity index is 1.35. The first-order valence-corrected chi connectivity index (χ1v) is 14.7. The number of likely N-dealkylation sites (tertiary alicyclic amines) is 2. The second-order valence-corrected chi connectivity index (χ2v) is 11.9. The monoisotopic (exact) mass is 510 g/mol. The molecular weight excluding hydrogens is 464 g/mol. The topological polar surface area (TPSA) is 86.5 Å². The summed E-state index contributed by atoms with van der Waals surface area (Å²) in [6.07, 6.45) is 14.2. The summed E-state index contributed by atoms with van der Waals surface area (Å²) in [6.45, 7) is 8.05. The number of nitrogens with one attached hydrogen (secondary N) is 1. The van der Waals surface area contributed by atoms with E-state index in [1.807, 2.05) is 6.20 Å². The average molecular weight is 511 g/mol. The summed E-state index contributed by atoms with van der Waals surface area (Å²) in [4.78, 5) is 27.4. The van der Waals surface area contributed by atoms with Crippen molar-refractivity contribution in [1.82, 2.24) is 24.3 Å². The van der Waals surface area contributed by atoms with E-state index in [-0.39, 0.29) is 12.0 Å². The van der Waals surface area contributed by atoms with E-state index in [1.165, 1.54) is 5.56 Å². The number of carbonyl (C=O) groups excluding carboxylic acids is 1. The second kappa shape index (κ2) is 11.7. The van der Waals surface area contributed by atoms with Gasteiger partial charge >= 0.3 is 0 Å². The van der Waals surface area contributed by atoms with E-state index in [0.717, 1.165) is 101 Å². The lowest BCUT2D eigenvalue weighted by atomic mass is 9.88. The highest BCUT2D eigenvalue weighted by Gasteiger charge is 2.33. The Morgan fingerprint density at radius 3 is 2.59 bits per heavy atom. The lowest BCUT2D eigenvalue weighted by Gasteiger charge is -2.37. The number of nitrogens with zero attached hydrogens (tertiary/aromatic N) is 5. The van der Waals surface area contributed by atoms with Crippen molar-refractivity contribution in [2.45, 2.75) is 102 Å². The van der Waals surface area contributed by atoms with E-state index in [4.69, 9.17) is 9.97 Å². The molecule has 8 nitrogen and oxygen atoms in total. The van der Waals surface area contributed by atoms with Gasteiger partial charge in [-0.1, -0.05) is 13.3 Å². The normalized spacial score (nSPS) is 26.9. The smallest absolute Gasteiger partial charge is 0.226 e. The Morgan fingerprint density at radius 2 is 1.89 bits per heavy atom. The zero-order valence-corrected chi connectivity index (χ0v) is 23.0. The maximum atomic E-state index is 13.2. The fraction of sp³-hybridized carbons (Fsp3) is 0.759. The fourth-order valence-electron chi connectivity index (χ4n) is 6.83. The third kappa shape index (κ3) is 5.95. The molecule has 2 saturated heterocycles. The van der Waals surface area contributed by atoms with Crippen molar-refractivity contribution in [1.29, 1.82) is 0 Å². The molecule has 0 spiro atoms. The molecule has 4 heterocycles. The Hall–Kier alpha value is -2.19. The van der Waals surface area contributed by atoms with Crippen molar-refractivity contribution >= 4 is 22.9 Å². The molecule has 3 fully saturated rings. The predicted molar refractivity (Wildman–Crippen MR) is 148 cm³/mol. The van der Waals surface area contributed by atoms with Gasteiger partial charge in [0.15, 0.2) is 0 Å². The lowest BCUT2D eigenvalue weighted by molar-refractivity contribution is -0.138. The molecule has 2 aromatic rings. The minimum Gasteiger partial charge on any atom is -0.393 e. The summed E-state index contributed by atoms with van der Waals surface area (Å²) in [6, 6.07) is 0.696. The number of aromatic nitrogens is 3. The molecule has 37 heavy (non-hydrogen) atoms. The van der Waals surface area contributed by atoms with Crippen LogP contribution >= 0.6 is 0 Å². The van der Waals surface area contributed by atoms with Crippen LogP contribution in [0.25, 0.3) is 11.0 Å². The van der Waals surface area contributed by atoms with Crippen LogP contribution in [0.3, 0.4) is 0 Å². The SMILES string of the molecule is CCCC(C)Nc1ncc2c(C3CCN(C(=O)C4CCCN(C)C4)CC3)cn(C3CCC(O)CC3)c2n1. The summed E-state index contributed by atoms with van der Waals surface area (Å²) in [5.74, 6) is 1.63. The summed E-state index contributed by atoms with van der Waals surface area (Å²) in [5.41, 5.74) is 2.35. The number of aliphatic hydroxyl groups excluding tert-OH is 1. The van der Waals surface area contributed by atoms with Gasteiger partial charge in [0.25, 0.3) is 0 Å². The van der Waals surface area contributed by atoms with Gasteiger partial charge in [0, 0.05) is 49.5 Å². The average Bonchev–Trinajstić information content (AvgIpc) is 3.28. The summed E-state index contributed by atoms with van der Waals surface area (Å²) < 4.78 is 2.38. The van der Waals surface area contributed by atoms with Crippen molar-refractivity contribution in [2.75, 3.05) is 38.5 Å². The Kier molecular flexibility index (Phi) is 8.34. The molecule has 1 aliphatic carbocycles. The Labute approximate surface area is 221 Å². The standard InChI is InChI=1S/C29H46N6O2/c1-4-6-20(2)31-29-30-17-25-26(19-35(27(25)32-29)23-8-10-24(36)11-9-23)21-12-15-34(16-13-21)28(37)22-7-5-14-33(3)18-22/h17,19-24,36H,4-16,18H2,1-3H3,(H,30,31,32). The van der Waals surface area contributed by atoms with Crippen molar-refractivity contribution in [2.24, 2.45) is 5.92 Å². The van der Waals surface area contributed by atoms with E-state index in [2.05, 4.69) is 46.8 Å². The summed E-state index contributed by atoms with van der Waals surface area (Å²) >= 11 is 0. The zero-order valence-electron chi connectivity index (χ0n) is 23.0. The second-order valence-electron chi connectivity index (χ2n) is 11.9. The molecule has 2 N–H and O–H groups in total. The third-order valence-corrected chi connectivity index (χ3v) is 8.98. The van der Waals surface area contributed by atoms with Crippen molar-refractivity contribution in [3.8, 4) is 0 Å². The fourth-order valence-corrected chi connectivity index (χ4v) is 6.83. The van der Waals surface area contributed by atoms with Gasteiger partial charge in [-0.05, 0) is 89.8 Å². The highest BCUT2D eigenvalue weighted by molar-refractivity contribution is 5.82. The van der Waals surface area contributed by atoms with Crippen molar-refractivity contribution < 1.29 is 9.90 Å². The number of hydrogen-bond acceptors (Lipinski definition) is 6. The molecule has 1 amide bonds.